The predicted molar refractivity (Wildman–Crippen MR) is 101 cm³/mol. The average Bonchev–Trinajstić information content (AvgIpc) is 3.24. The predicted octanol–water partition coefficient (Wildman–Crippen LogP) is 1.45. The monoisotopic (exact) mass is 393 g/mol. The van der Waals surface area contributed by atoms with Gasteiger partial charge in [-0.25, -0.2) is 0 Å². The Labute approximate surface area is 164 Å². The van der Waals surface area contributed by atoms with E-state index < -0.39 is 0 Å². The van der Waals surface area contributed by atoms with Gasteiger partial charge in [0.25, 0.3) is 17.7 Å². The van der Waals surface area contributed by atoms with Gasteiger partial charge in [0.1, 0.15) is 0 Å². The van der Waals surface area contributed by atoms with E-state index in [1.807, 2.05) is 0 Å². The first-order valence-electron chi connectivity index (χ1n) is 9.21. The Hall–Kier alpha value is -1.96. The molecule has 0 saturated carbocycles. The van der Waals surface area contributed by atoms with Crippen LogP contribution in [0.1, 0.15) is 56.8 Å². The van der Waals surface area contributed by atoms with E-state index in [4.69, 9.17) is 10.5 Å². The topological polar surface area (TPSA) is 92.9 Å². The summed E-state index contributed by atoms with van der Waals surface area (Å²) in [6.45, 7) is 2.14. The molecule has 4 rings (SSSR count). The lowest BCUT2D eigenvalue weighted by Gasteiger charge is -2.30. The molecule has 3 heterocycles. The fourth-order valence-corrected chi connectivity index (χ4v) is 3.96. The van der Waals surface area contributed by atoms with Crippen LogP contribution >= 0.6 is 12.4 Å². The molecule has 0 radical (unpaired) electrons. The number of carbonyl (C=O) groups is 3. The molecule has 2 atom stereocenters. The van der Waals surface area contributed by atoms with Crippen LogP contribution in [-0.2, 0) is 4.74 Å². The van der Waals surface area contributed by atoms with Gasteiger partial charge in [-0.3, -0.25) is 19.3 Å². The lowest BCUT2D eigenvalue weighted by Crippen LogP contribution is -2.45. The van der Waals surface area contributed by atoms with E-state index in [9.17, 15) is 14.4 Å². The van der Waals surface area contributed by atoms with E-state index >= 15 is 0 Å². The number of hydrogen-bond acceptors (Lipinski definition) is 5. The Morgan fingerprint density at radius 1 is 1.15 bits per heavy atom. The quantitative estimate of drug-likeness (QED) is 0.784. The summed E-state index contributed by atoms with van der Waals surface area (Å²) in [7, 11) is 0. The number of piperidine rings is 1. The van der Waals surface area contributed by atoms with Crippen molar-refractivity contribution in [3.05, 3.63) is 34.9 Å². The number of rotatable bonds is 3. The first-order chi connectivity index (χ1) is 12.5. The molecule has 3 aliphatic rings. The van der Waals surface area contributed by atoms with E-state index in [1.54, 1.807) is 23.1 Å². The Morgan fingerprint density at radius 3 is 2.63 bits per heavy atom. The molecule has 3 aliphatic heterocycles. The zero-order valence-electron chi connectivity index (χ0n) is 15.1. The van der Waals surface area contributed by atoms with Crippen molar-refractivity contribution in [3.8, 4) is 0 Å². The second-order valence-corrected chi connectivity index (χ2v) is 7.27. The van der Waals surface area contributed by atoms with Crippen LogP contribution in [0.25, 0.3) is 0 Å². The molecule has 1 aromatic carbocycles. The molecule has 1 aromatic rings. The van der Waals surface area contributed by atoms with Crippen LogP contribution in [0.15, 0.2) is 18.2 Å². The number of hydrogen-bond donors (Lipinski definition) is 1. The van der Waals surface area contributed by atoms with Crippen LogP contribution in [0.2, 0.25) is 0 Å². The number of likely N-dealkylation sites (tertiary alicyclic amines) is 1. The summed E-state index contributed by atoms with van der Waals surface area (Å²) in [6, 6.07) is 4.75. The summed E-state index contributed by atoms with van der Waals surface area (Å²) in [6.07, 6.45) is 3.51. The summed E-state index contributed by atoms with van der Waals surface area (Å²) in [5.41, 5.74) is 7.05. The van der Waals surface area contributed by atoms with Crippen molar-refractivity contribution in [2.75, 3.05) is 26.2 Å². The van der Waals surface area contributed by atoms with Gasteiger partial charge >= 0.3 is 0 Å². The number of benzene rings is 1. The summed E-state index contributed by atoms with van der Waals surface area (Å²) in [5.74, 6) is -0.786. The maximum atomic E-state index is 12.7. The van der Waals surface area contributed by atoms with Crippen molar-refractivity contribution in [3.63, 3.8) is 0 Å². The third kappa shape index (κ3) is 3.72. The third-order valence-electron chi connectivity index (χ3n) is 5.37. The Morgan fingerprint density at radius 2 is 1.93 bits per heavy atom. The zero-order chi connectivity index (χ0) is 18.3. The molecule has 146 valence electrons. The number of carbonyl (C=O) groups excluding carboxylic acids is 3. The smallest absolute Gasteiger partial charge is 0.261 e. The minimum Gasteiger partial charge on any atom is -0.376 e. The lowest BCUT2D eigenvalue weighted by molar-refractivity contribution is 0.0475. The van der Waals surface area contributed by atoms with Crippen molar-refractivity contribution >= 4 is 30.1 Å². The second-order valence-electron chi connectivity index (χ2n) is 7.27. The Bertz CT molecular complexity index is 763. The first kappa shape index (κ1) is 19.8. The molecular formula is C19H24ClN3O4. The standard InChI is InChI=1S/C19H23N3O4.ClH/c20-13-3-1-7-21(10-13)17(23)12-5-6-15-16(9-12)19(25)22(18(15)24)11-14-4-2-8-26-14;/h5-6,9,13-14H,1-4,7-8,10-11,20H2;1H. The van der Waals surface area contributed by atoms with Crippen LogP contribution in [0.3, 0.4) is 0 Å². The Balaban J connectivity index is 0.00000210. The molecule has 0 spiro atoms. The van der Waals surface area contributed by atoms with Gasteiger partial charge < -0.3 is 15.4 Å². The zero-order valence-corrected chi connectivity index (χ0v) is 15.9. The van der Waals surface area contributed by atoms with Crippen molar-refractivity contribution < 1.29 is 19.1 Å². The van der Waals surface area contributed by atoms with Crippen molar-refractivity contribution in [2.45, 2.75) is 37.8 Å². The molecule has 3 amide bonds. The molecule has 2 saturated heterocycles. The molecule has 2 N–H and O–H groups in total. The molecule has 0 bridgehead atoms. The number of imide groups is 1. The largest absolute Gasteiger partial charge is 0.376 e. The van der Waals surface area contributed by atoms with E-state index in [-0.39, 0.29) is 48.8 Å². The highest BCUT2D eigenvalue weighted by Gasteiger charge is 2.38. The molecule has 2 fully saturated rings. The second kappa shape index (κ2) is 7.96. The third-order valence-corrected chi connectivity index (χ3v) is 5.37. The van der Waals surface area contributed by atoms with Crippen LogP contribution in [0.5, 0.6) is 0 Å². The van der Waals surface area contributed by atoms with Crippen LogP contribution in [0, 0.1) is 0 Å². The maximum Gasteiger partial charge on any atom is 0.261 e. The van der Waals surface area contributed by atoms with Gasteiger partial charge in [-0.1, -0.05) is 0 Å². The first-order valence-corrected chi connectivity index (χ1v) is 9.21. The minimum absolute atomic E-state index is 0. The van der Waals surface area contributed by atoms with Gasteiger partial charge in [-0.05, 0) is 43.9 Å². The normalized spacial score (nSPS) is 24.8. The number of nitrogens with zero attached hydrogens (tertiary/aromatic N) is 2. The van der Waals surface area contributed by atoms with Gasteiger partial charge in [0.05, 0.1) is 23.8 Å². The molecule has 27 heavy (non-hydrogen) atoms. The lowest BCUT2D eigenvalue weighted by atomic mass is 10.0. The van der Waals surface area contributed by atoms with E-state index in [0.29, 0.717) is 36.4 Å². The molecular weight excluding hydrogens is 370 g/mol. The highest BCUT2D eigenvalue weighted by atomic mass is 35.5. The summed E-state index contributed by atoms with van der Waals surface area (Å²) < 4.78 is 5.54. The summed E-state index contributed by atoms with van der Waals surface area (Å²) in [4.78, 5) is 41.0. The highest BCUT2D eigenvalue weighted by Crippen LogP contribution is 2.26. The number of ether oxygens (including phenoxy) is 1. The number of halogens is 1. The fraction of sp³-hybridized carbons (Fsp3) is 0.526. The van der Waals surface area contributed by atoms with Crippen molar-refractivity contribution in [1.29, 1.82) is 0 Å². The number of fused-ring (bicyclic) bond motifs is 1. The van der Waals surface area contributed by atoms with E-state index in [0.717, 1.165) is 25.7 Å². The van der Waals surface area contributed by atoms with Crippen molar-refractivity contribution in [1.82, 2.24) is 9.80 Å². The van der Waals surface area contributed by atoms with Gasteiger partial charge in [-0.15, -0.1) is 12.4 Å². The van der Waals surface area contributed by atoms with Crippen molar-refractivity contribution in [2.24, 2.45) is 5.73 Å². The van der Waals surface area contributed by atoms with E-state index in [2.05, 4.69) is 0 Å². The van der Waals surface area contributed by atoms with Gasteiger partial charge in [0.15, 0.2) is 0 Å². The van der Waals surface area contributed by atoms with Gasteiger partial charge in [0.2, 0.25) is 0 Å². The number of nitrogens with two attached hydrogens (primary N) is 1. The average molecular weight is 394 g/mol. The van der Waals surface area contributed by atoms with Crippen LogP contribution in [-0.4, -0.2) is 65.9 Å². The molecule has 7 nitrogen and oxygen atoms in total. The molecule has 0 aliphatic carbocycles. The van der Waals surface area contributed by atoms with Crippen LogP contribution < -0.4 is 5.73 Å². The van der Waals surface area contributed by atoms with Gasteiger partial charge in [0, 0.05) is 31.3 Å². The minimum atomic E-state index is -0.342. The summed E-state index contributed by atoms with van der Waals surface area (Å²) in [5, 5.41) is 0. The summed E-state index contributed by atoms with van der Waals surface area (Å²) >= 11 is 0. The van der Waals surface area contributed by atoms with E-state index in [1.165, 1.54) is 4.90 Å². The SMILES string of the molecule is Cl.NC1CCCN(C(=O)c2ccc3c(c2)C(=O)N(CC2CCCO2)C3=O)C1. The maximum absolute atomic E-state index is 12.7. The number of amides is 3. The van der Waals surface area contributed by atoms with Gasteiger partial charge in [-0.2, -0.15) is 0 Å². The fourth-order valence-electron chi connectivity index (χ4n) is 3.96. The molecule has 8 heteroatoms. The van der Waals surface area contributed by atoms with Crippen LogP contribution in [0.4, 0.5) is 0 Å². The highest BCUT2D eigenvalue weighted by molar-refractivity contribution is 6.22. The molecule has 2 unspecified atom stereocenters. The molecule has 0 aromatic heterocycles. The Kier molecular flexibility index (Phi) is 5.83.